The van der Waals surface area contributed by atoms with E-state index in [4.69, 9.17) is 46.4 Å². The molecule has 78 heavy (non-hydrogen) atoms. The van der Waals surface area contributed by atoms with E-state index in [1.165, 1.54) is 11.6 Å². The third-order valence-corrected chi connectivity index (χ3v) is 17.7. The molecule has 6 N–H and O–H groups in total. The van der Waals surface area contributed by atoms with Crippen LogP contribution >= 0.6 is 11.6 Å². The number of aromatic nitrogens is 5. The first-order chi connectivity index (χ1) is 37.8. The Kier molecular flexibility index (Phi) is 14.5. The number of phenolic OH excluding ortho intramolecular Hbond substituents is 1. The van der Waals surface area contributed by atoms with Crippen LogP contribution in [0.2, 0.25) is 5.02 Å². The molecule has 2 bridgehead atoms. The van der Waals surface area contributed by atoms with Crippen LogP contribution in [0.4, 0.5) is 21.8 Å². The van der Waals surface area contributed by atoms with Crippen molar-refractivity contribution < 1.29 is 33.8 Å². The molecule has 6 aliphatic rings. The average molecular weight is 1080 g/mol. The minimum absolute atomic E-state index is 0.0752. The van der Waals surface area contributed by atoms with Crippen molar-refractivity contribution in [1.82, 2.24) is 40.6 Å². The van der Waals surface area contributed by atoms with Crippen LogP contribution in [0.5, 0.6) is 11.6 Å². The number of amidine groups is 1. The number of hydrogen-bond donors (Lipinski definition) is 5. The Bertz CT molecular complexity index is 3100. The highest BCUT2D eigenvalue weighted by Crippen LogP contribution is 2.44. The molecule has 3 unspecified atom stereocenters. The van der Waals surface area contributed by atoms with Crippen molar-refractivity contribution >= 4 is 34.9 Å². The first kappa shape index (κ1) is 52.2. The van der Waals surface area contributed by atoms with Gasteiger partial charge in [0.2, 0.25) is 11.7 Å². The number of aliphatic hydroxyl groups is 2. The number of benzene rings is 3. The number of piperidine rings is 1. The number of phenols is 1. The van der Waals surface area contributed by atoms with Crippen molar-refractivity contribution in [2.24, 2.45) is 10.9 Å². The lowest BCUT2D eigenvalue weighted by molar-refractivity contribution is -0.0505. The maximum absolute atomic E-state index is 14.5. The number of nitrogens with one attached hydrogen (secondary N) is 1. The van der Waals surface area contributed by atoms with E-state index >= 15 is 0 Å². The van der Waals surface area contributed by atoms with Gasteiger partial charge in [-0.3, -0.25) is 4.90 Å². The topological polar surface area (TPSA) is 220 Å². The molecule has 8 heterocycles. The van der Waals surface area contributed by atoms with E-state index in [1.54, 1.807) is 30.3 Å². The number of nitrogen functional groups attached to an aromatic ring is 1. The van der Waals surface area contributed by atoms with E-state index in [0.29, 0.717) is 52.6 Å². The van der Waals surface area contributed by atoms with Crippen molar-refractivity contribution in [3.8, 4) is 34.0 Å². The maximum Gasteiger partial charge on any atom is 0.273 e. The van der Waals surface area contributed by atoms with Crippen molar-refractivity contribution in [2.45, 2.75) is 139 Å². The van der Waals surface area contributed by atoms with Crippen LogP contribution in [0.1, 0.15) is 107 Å². The number of halogens is 2. The van der Waals surface area contributed by atoms with Crippen LogP contribution < -0.4 is 25.8 Å². The normalized spacial score (nSPS) is 26.8. The Morgan fingerprint density at radius 2 is 1.54 bits per heavy atom. The van der Waals surface area contributed by atoms with Gasteiger partial charge in [0.15, 0.2) is 11.6 Å². The number of para-hydroxylation sites is 1. The molecule has 1 saturated carbocycles. The van der Waals surface area contributed by atoms with Gasteiger partial charge in [-0.2, -0.15) is 0 Å². The highest BCUT2D eigenvalue weighted by molar-refractivity contribution is 6.32. The second-order valence-electron chi connectivity index (χ2n) is 22.6. The van der Waals surface area contributed by atoms with Crippen LogP contribution in [0, 0.1) is 11.7 Å². The number of β-amino-alcohol motifs (C(OH)–C–C–N with tert-alkyl or cyclic N) is 1. The molecule has 5 aliphatic heterocycles. The SMILES string of the molecule is CC(C)[C@H](c1onc(OC2CCC(N3CCC(c4cnc(N5C6CCC5CN(c5cc(-c7ccccc7O)nnc5N)C6)nc4)CC3)CC2)c1Cl)C(O)N1C[C@H](O)C[C@H]1C1=N[C@](C)(c2ccc(-c3ccccc3F)cc2)ON1. The lowest BCUT2D eigenvalue weighted by Gasteiger charge is -2.42. The number of rotatable bonds is 14. The summed E-state index contributed by atoms with van der Waals surface area (Å²) in [6, 6.07) is 23.6. The summed E-state index contributed by atoms with van der Waals surface area (Å²) in [6.45, 7) is 9.57. The van der Waals surface area contributed by atoms with E-state index < -0.39 is 30.0 Å². The number of aromatic hydroxyl groups is 1. The number of ether oxygens (including phenoxy) is 1. The molecule has 3 aromatic heterocycles. The largest absolute Gasteiger partial charge is 0.507 e. The summed E-state index contributed by atoms with van der Waals surface area (Å²) in [5.74, 6) is 1.73. The van der Waals surface area contributed by atoms with Crippen LogP contribution in [0.25, 0.3) is 22.4 Å². The highest BCUT2D eigenvalue weighted by atomic mass is 35.5. The number of aliphatic hydroxyl groups excluding tert-OH is 2. The molecule has 0 spiro atoms. The zero-order valence-corrected chi connectivity index (χ0v) is 45.0. The summed E-state index contributed by atoms with van der Waals surface area (Å²) in [6.07, 6.45) is 10.4. The van der Waals surface area contributed by atoms with Gasteiger partial charge >= 0.3 is 0 Å². The Morgan fingerprint density at radius 3 is 2.23 bits per heavy atom. The summed E-state index contributed by atoms with van der Waals surface area (Å²) >= 11 is 7.05. The number of likely N-dealkylation sites (tertiary alicyclic amines) is 2. The van der Waals surface area contributed by atoms with Crippen LogP contribution in [-0.2, 0) is 10.6 Å². The Balaban J connectivity index is 0.625. The second-order valence-corrected chi connectivity index (χ2v) is 23.0. The van der Waals surface area contributed by atoms with E-state index in [-0.39, 0.29) is 53.1 Å². The minimum atomic E-state index is -1.12. The molecule has 5 fully saturated rings. The first-order valence-electron chi connectivity index (χ1n) is 27.6. The van der Waals surface area contributed by atoms with E-state index in [2.05, 4.69) is 35.5 Å². The summed E-state index contributed by atoms with van der Waals surface area (Å²) in [5.41, 5.74) is 13.5. The fourth-order valence-corrected chi connectivity index (χ4v) is 13.4. The number of hydrogen-bond acceptors (Lipinski definition) is 18. The second kappa shape index (κ2) is 21.6. The fraction of sp³-hybridized carbons (Fsp3) is 0.483. The number of hydroxylamine groups is 1. The van der Waals surface area contributed by atoms with E-state index in [9.17, 15) is 19.7 Å². The van der Waals surface area contributed by atoms with Crippen LogP contribution in [-0.4, -0.2) is 132 Å². The number of anilines is 3. The quantitative estimate of drug-likeness (QED) is 0.0691. The van der Waals surface area contributed by atoms with Gasteiger partial charge in [0, 0.05) is 66.8 Å². The Hall–Kier alpha value is -6.48. The molecule has 18 nitrogen and oxygen atoms in total. The first-order valence-corrected chi connectivity index (χ1v) is 28.0. The lowest BCUT2D eigenvalue weighted by Crippen LogP contribution is -2.54. The van der Waals surface area contributed by atoms with Gasteiger partial charge in [0.25, 0.3) is 5.88 Å². The summed E-state index contributed by atoms with van der Waals surface area (Å²) in [4.78, 5) is 30.1. The molecule has 12 rings (SSSR count). The fourth-order valence-electron chi connectivity index (χ4n) is 13.1. The molecule has 410 valence electrons. The summed E-state index contributed by atoms with van der Waals surface area (Å²) < 4.78 is 26.9. The van der Waals surface area contributed by atoms with Crippen LogP contribution in [0.15, 0.2) is 101 Å². The third-order valence-electron chi connectivity index (χ3n) is 17.4. The molecule has 0 radical (unpaired) electrons. The van der Waals surface area contributed by atoms with Crippen molar-refractivity contribution in [3.05, 3.63) is 119 Å². The zero-order valence-electron chi connectivity index (χ0n) is 44.2. The van der Waals surface area contributed by atoms with Gasteiger partial charge in [0.05, 0.1) is 29.4 Å². The number of fused-ring (bicyclic) bond motifs is 2. The maximum atomic E-state index is 14.5. The van der Waals surface area contributed by atoms with E-state index in [1.807, 2.05) is 80.5 Å². The predicted octanol–water partition coefficient (Wildman–Crippen LogP) is 8.40. The Morgan fingerprint density at radius 1 is 0.859 bits per heavy atom. The van der Waals surface area contributed by atoms with Gasteiger partial charge in [-0.05, 0) is 130 Å². The van der Waals surface area contributed by atoms with Crippen molar-refractivity contribution in [1.29, 1.82) is 0 Å². The number of nitrogens with zero attached hydrogens (tertiary/aromatic N) is 10. The summed E-state index contributed by atoms with van der Waals surface area (Å²) in [7, 11) is 0. The molecular formula is C58H68ClFN12O6. The van der Waals surface area contributed by atoms with Gasteiger partial charge in [-0.25, -0.2) is 29.7 Å². The van der Waals surface area contributed by atoms with Gasteiger partial charge in [-0.15, -0.1) is 10.2 Å². The van der Waals surface area contributed by atoms with Gasteiger partial charge < -0.3 is 45.0 Å². The molecule has 0 amide bonds. The minimum Gasteiger partial charge on any atom is -0.507 e. The number of piperazine rings is 1. The van der Waals surface area contributed by atoms with Gasteiger partial charge in [0.1, 0.15) is 34.8 Å². The number of nitrogens with two attached hydrogens (primary N) is 1. The molecule has 4 saturated heterocycles. The summed E-state index contributed by atoms with van der Waals surface area (Å²) in [5, 5.41) is 46.8. The molecular weight excluding hydrogens is 1020 g/mol. The van der Waals surface area contributed by atoms with Crippen LogP contribution in [0.3, 0.4) is 0 Å². The standard InChI is InChI=1S/C58H68ClFN12O6/c1-33(2)50(56(75)71-32-41(73)26-48(71)54-64-58(3,78-67-54)37-14-12-35(13-15-37)43-8-4-6-10-45(43)60)52-51(59)55(68-77-52)76-42-20-18-38(19-21-42)69-24-22-34(23-25-69)36-28-62-57(63-29-36)72-39-16-17-40(72)31-70(30-39)47-27-46(65-66-53(47)61)44-9-5-7-11-49(44)74/h4-15,27-29,33-34,38-42,48,50,56,73-75H,16-26,30-32H2,1-3H3,(H2,61,66)(H,64,67)/t38?,39?,40?,41-,42?,48+,50-,56?,58+/m1/s1. The van der Waals surface area contributed by atoms with Gasteiger partial charge in [-0.1, -0.05) is 80.0 Å². The monoisotopic (exact) mass is 1080 g/mol. The Labute approximate surface area is 458 Å². The van der Waals surface area contributed by atoms with E-state index in [0.717, 1.165) is 100 Å². The molecule has 3 aromatic carbocycles. The lowest BCUT2D eigenvalue weighted by atomic mass is 9.87. The third kappa shape index (κ3) is 10.1. The van der Waals surface area contributed by atoms with Crippen molar-refractivity contribution in [2.75, 3.05) is 48.3 Å². The molecule has 7 atom stereocenters. The molecule has 6 aromatic rings. The smallest absolute Gasteiger partial charge is 0.273 e. The molecule has 20 heteroatoms. The molecule has 1 aliphatic carbocycles. The average Bonchev–Trinajstić information content (AvgIpc) is 4.24. The van der Waals surface area contributed by atoms with Crippen molar-refractivity contribution in [3.63, 3.8) is 0 Å². The number of aliphatic imine (C=N–C) groups is 1. The predicted molar refractivity (Wildman–Crippen MR) is 294 cm³/mol. The zero-order chi connectivity index (χ0) is 53.8. The highest BCUT2D eigenvalue weighted by Gasteiger charge is 2.48.